The Hall–Kier alpha value is -2.52. The normalized spacial score (nSPS) is 24.5. The number of hydrogen-bond acceptors (Lipinski definition) is 7. The summed E-state index contributed by atoms with van der Waals surface area (Å²) in [5.41, 5.74) is 1.10. The fourth-order valence-electron chi connectivity index (χ4n) is 4.28. The Morgan fingerprint density at radius 3 is 2.50 bits per heavy atom. The Kier molecular flexibility index (Phi) is 5.75. The van der Waals surface area contributed by atoms with Gasteiger partial charge < -0.3 is 24.3 Å². The summed E-state index contributed by atoms with van der Waals surface area (Å²) in [4.78, 5) is 39.3. The number of ether oxygens (including phenoxy) is 1. The van der Waals surface area contributed by atoms with E-state index in [1.165, 1.54) is 11.9 Å². The highest BCUT2D eigenvalue weighted by atomic mass is 35.5. The van der Waals surface area contributed by atoms with Crippen molar-refractivity contribution in [3.05, 3.63) is 29.3 Å². The van der Waals surface area contributed by atoms with Crippen LogP contribution in [-0.2, 0) is 9.53 Å². The molecule has 2 unspecified atom stereocenters. The van der Waals surface area contributed by atoms with E-state index in [1.54, 1.807) is 19.1 Å². The van der Waals surface area contributed by atoms with Gasteiger partial charge in [-0.3, -0.25) is 9.69 Å². The monoisotopic (exact) mass is 434 g/mol. The molecule has 0 spiro atoms. The number of urea groups is 1. The number of imide groups is 1. The van der Waals surface area contributed by atoms with Crippen LogP contribution in [-0.4, -0.2) is 110 Å². The molecule has 1 aromatic carbocycles. The number of carbonyl (C=O) groups is 2. The highest BCUT2D eigenvalue weighted by Gasteiger charge is 2.51. The highest BCUT2D eigenvalue weighted by Crippen LogP contribution is 2.29. The van der Waals surface area contributed by atoms with Gasteiger partial charge in [0.15, 0.2) is 18.2 Å². The number of amides is 3. The van der Waals surface area contributed by atoms with Crippen molar-refractivity contribution in [1.82, 2.24) is 19.6 Å². The van der Waals surface area contributed by atoms with Crippen LogP contribution in [0.2, 0.25) is 5.02 Å². The summed E-state index contributed by atoms with van der Waals surface area (Å²) in [7, 11) is 4.85. The first-order valence-corrected chi connectivity index (χ1v) is 10.4. The zero-order valence-electron chi connectivity index (χ0n) is 17.5. The number of carbonyl (C=O) groups excluding carboxylic acids is 2. The van der Waals surface area contributed by atoms with E-state index in [0.717, 1.165) is 42.8 Å². The van der Waals surface area contributed by atoms with E-state index >= 15 is 0 Å². The number of piperazine rings is 1. The van der Waals surface area contributed by atoms with Gasteiger partial charge in [-0.25, -0.2) is 9.79 Å². The number of anilines is 1. The maximum Gasteiger partial charge on any atom is 0.328 e. The van der Waals surface area contributed by atoms with Crippen molar-refractivity contribution >= 4 is 35.2 Å². The number of likely N-dealkylation sites (N-methyl/N-ethyl adjacent to an activating group) is 2. The van der Waals surface area contributed by atoms with Gasteiger partial charge in [-0.2, -0.15) is 0 Å². The van der Waals surface area contributed by atoms with Crippen molar-refractivity contribution < 1.29 is 14.3 Å². The molecule has 0 radical (unpaired) electrons. The van der Waals surface area contributed by atoms with Crippen LogP contribution in [0.25, 0.3) is 0 Å². The number of fused-ring (bicyclic) bond motifs is 1. The molecule has 3 aliphatic rings. The van der Waals surface area contributed by atoms with Crippen molar-refractivity contribution in [2.24, 2.45) is 4.99 Å². The molecule has 0 saturated carbocycles. The number of aliphatic imine (C=N–C) groups is 1. The SMILES string of the molecule is COCCN1C(N2CCN(c3cccc(Cl)c3)CC2)=NC2C1C(=O)N(C)C(=O)N2C. The molecular formula is C20H27ClN6O3. The van der Waals surface area contributed by atoms with Crippen LogP contribution in [0.15, 0.2) is 29.3 Å². The lowest BCUT2D eigenvalue weighted by Gasteiger charge is -2.42. The van der Waals surface area contributed by atoms with Gasteiger partial charge in [0.2, 0.25) is 0 Å². The van der Waals surface area contributed by atoms with Crippen LogP contribution in [0, 0.1) is 0 Å². The summed E-state index contributed by atoms with van der Waals surface area (Å²) >= 11 is 6.14. The summed E-state index contributed by atoms with van der Waals surface area (Å²) in [5, 5.41) is 0.722. The molecule has 2 atom stereocenters. The molecule has 10 heteroatoms. The third-order valence-electron chi connectivity index (χ3n) is 5.96. The third-order valence-corrected chi connectivity index (χ3v) is 6.20. The Morgan fingerprint density at radius 1 is 1.13 bits per heavy atom. The van der Waals surface area contributed by atoms with E-state index in [4.69, 9.17) is 21.3 Å². The predicted octanol–water partition coefficient (Wildman–Crippen LogP) is 0.998. The first kappa shape index (κ1) is 20.7. The largest absolute Gasteiger partial charge is 0.383 e. The number of guanidine groups is 1. The van der Waals surface area contributed by atoms with Gasteiger partial charge in [-0.05, 0) is 18.2 Å². The Bertz CT molecular complexity index is 857. The van der Waals surface area contributed by atoms with Crippen LogP contribution in [0.1, 0.15) is 0 Å². The quantitative estimate of drug-likeness (QED) is 0.704. The fraction of sp³-hybridized carbons (Fsp3) is 0.550. The smallest absolute Gasteiger partial charge is 0.328 e. The lowest BCUT2D eigenvalue weighted by molar-refractivity contribution is -0.136. The number of methoxy groups -OCH3 is 1. The molecule has 0 aromatic heterocycles. The zero-order valence-corrected chi connectivity index (χ0v) is 18.2. The van der Waals surface area contributed by atoms with Crippen molar-refractivity contribution in [3.8, 4) is 0 Å². The molecule has 0 N–H and O–H groups in total. The van der Waals surface area contributed by atoms with Crippen LogP contribution in [0.3, 0.4) is 0 Å². The van der Waals surface area contributed by atoms with Crippen LogP contribution < -0.4 is 4.90 Å². The lowest BCUT2D eigenvalue weighted by atomic mass is 10.1. The van der Waals surface area contributed by atoms with E-state index in [1.807, 2.05) is 23.1 Å². The molecule has 2 saturated heterocycles. The Labute approximate surface area is 181 Å². The summed E-state index contributed by atoms with van der Waals surface area (Å²) < 4.78 is 5.27. The molecule has 0 aliphatic carbocycles. The molecule has 30 heavy (non-hydrogen) atoms. The highest BCUT2D eigenvalue weighted by molar-refractivity contribution is 6.30. The standard InChI is InChI=1S/C20H27ClN6O3/c1-23-17-16(18(28)24(2)20(23)29)27(11-12-30-3)19(22-17)26-9-7-25(8-10-26)15-6-4-5-14(21)13-15/h4-6,13,16-17H,7-12H2,1-3H3. The Morgan fingerprint density at radius 2 is 1.83 bits per heavy atom. The van der Waals surface area contributed by atoms with Crippen LogP contribution >= 0.6 is 11.6 Å². The first-order valence-electron chi connectivity index (χ1n) is 10.1. The van der Waals surface area contributed by atoms with E-state index in [2.05, 4.69) is 15.9 Å². The van der Waals surface area contributed by atoms with E-state index in [-0.39, 0.29) is 11.9 Å². The van der Waals surface area contributed by atoms with Gasteiger partial charge in [-0.1, -0.05) is 17.7 Å². The maximum atomic E-state index is 12.9. The average Bonchev–Trinajstić information content (AvgIpc) is 3.14. The van der Waals surface area contributed by atoms with Gasteiger partial charge in [0.1, 0.15) is 0 Å². The lowest BCUT2D eigenvalue weighted by Crippen LogP contribution is -2.65. The molecule has 3 heterocycles. The molecule has 4 rings (SSSR count). The number of rotatable bonds is 4. The predicted molar refractivity (Wildman–Crippen MR) is 115 cm³/mol. The second-order valence-electron chi connectivity index (χ2n) is 7.72. The van der Waals surface area contributed by atoms with Crippen molar-refractivity contribution in [2.75, 3.05) is 65.4 Å². The number of nitrogens with zero attached hydrogens (tertiary/aromatic N) is 6. The molecule has 1 aromatic rings. The summed E-state index contributed by atoms with van der Waals surface area (Å²) in [6, 6.07) is 7.01. The minimum Gasteiger partial charge on any atom is -0.383 e. The second kappa shape index (κ2) is 8.31. The average molecular weight is 435 g/mol. The van der Waals surface area contributed by atoms with Crippen LogP contribution in [0.5, 0.6) is 0 Å². The molecule has 0 bridgehead atoms. The number of hydrogen-bond donors (Lipinski definition) is 0. The number of benzene rings is 1. The van der Waals surface area contributed by atoms with Gasteiger partial charge in [-0.15, -0.1) is 0 Å². The fourth-order valence-corrected chi connectivity index (χ4v) is 4.46. The van der Waals surface area contributed by atoms with Crippen molar-refractivity contribution in [3.63, 3.8) is 0 Å². The first-order chi connectivity index (χ1) is 14.4. The van der Waals surface area contributed by atoms with Crippen molar-refractivity contribution in [1.29, 1.82) is 0 Å². The molecule has 3 aliphatic heterocycles. The summed E-state index contributed by atoms with van der Waals surface area (Å²) in [6.07, 6.45) is -0.515. The molecule has 3 amide bonds. The van der Waals surface area contributed by atoms with E-state index in [0.29, 0.717) is 13.2 Å². The van der Waals surface area contributed by atoms with Gasteiger partial charge in [0, 0.05) is 64.6 Å². The molecule has 9 nitrogen and oxygen atoms in total. The number of halogens is 1. The molecule has 162 valence electrons. The molecule has 2 fully saturated rings. The van der Waals surface area contributed by atoms with Crippen molar-refractivity contribution in [2.45, 2.75) is 12.2 Å². The van der Waals surface area contributed by atoms with Gasteiger partial charge in [0.05, 0.1) is 6.61 Å². The maximum absolute atomic E-state index is 12.9. The summed E-state index contributed by atoms with van der Waals surface area (Å²) in [5.74, 6) is 0.534. The Balaban J connectivity index is 1.53. The minimum absolute atomic E-state index is 0.226. The zero-order chi connectivity index (χ0) is 21.4. The summed E-state index contributed by atoms with van der Waals surface area (Å²) in [6.45, 7) is 4.16. The van der Waals surface area contributed by atoms with Gasteiger partial charge in [0.25, 0.3) is 5.91 Å². The molecular weight excluding hydrogens is 408 g/mol. The topological polar surface area (TPSA) is 71.9 Å². The van der Waals surface area contributed by atoms with E-state index in [9.17, 15) is 9.59 Å². The van der Waals surface area contributed by atoms with Crippen LogP contribution in [0.4, 0.5) is 10.5 Å². The minimum atomic E-state index is -0.520. The van der Waals surface area contributed by atoms with E-state index < -0.39 is 12.2 Å². The van der Waals surface area contributed by atoms with Gasteiger partial charge >= 0.3 is 6.03 Å². The second-order valence-corrected chi connectivity index (χ2v) is 8.15. The third kappa shape index (κ3) is 3.56.